The molecule has 0 aromatic heterocycles. The number of rotatable bonds is 5. The van der Waals surface area contributed by atoms with E-state index in [0.717, 1.165) is 25.7 Å². The van der Waals surface area contributed by atoms with Gasteiger partial charge >= 0.3 is 6.18 Å². The minimum Gasteiger partial charge on any atom is -0.391 e. The van der Waals surface area contributed by atoms with Gasteiger partial charge in [-0.05, 0) is 6.42 Å². The van der Waals surface area contributed by atoms with Crippen molar-refractivity contribution in [2.75, 3.05) is 6.61 Å². The molecule has 0 rings (SSSR count). The van der Waals surface area contributed by atoms with E-state index in [1.54, 1.807) is 0 Å². The topological polar surface area (TPSA) is 20.2 Å². The van der Waals surface area contributed by atoms with Gasteiger partial charge in [0.15, 0.2) is 0 Å². The molecule has 0 heterocycles. The van der Waals surface area contributed by atoms with Crippen molar-refractivity contribution in [1.82, 2.24) is 0 Å². The van der Waals surface area contributed by atoms with Gasteiger partial charge in [0.2, 0.25) is 0 Å². The van der Waals surface area contributed by atoms with Crippen molar-refractivity contribution < 1.29 is 18.3 Å². The second kappa shape index (κ2) is 8.23. The van der Waals surface area contributed by atoms with Crippen LogP contribution in [0.1, 0.15) is 39.0 Å². The highest BCUT2D eigenvalue weighted by Crippen LogP contribution is 2.18. The predicted molar refractivity (Wildman–Crippen MR) is 57.8 cm³/mol. The van der Waals surface area contributed by atoms with Crippen LogP contribution in [-0.4, -0.2) is 17.9 Å². The summed E-state index contributed by atoms with van der Waals surface area (Å²) in [6.45, 7) is 1.42. The first-order valence-electron chi connectivity index (χ1n) is 5.37. The maximum atomic E-state index is 11.9. The molecule has 0 saturated carbocycles. The lowest BCUT2D eigenvalue weighted by molar-refractivity contribution is -0.0806. The Morgan fingerprint density at radius 3 is 2.44 bits per heavy atom. The molecule has 1 N–H and O–H groups in total. The Morgan fingerprint density at radius 2 is 1.94 bits per heavy atom. The molecule has 0 aromatic rings. The Morgan fingerprint density at radius 1 is 1.25 bits per heavy atom. The molecule has 0 fully saturated rings. The smallest absolute Gasteiger partial charge is 0.391 e. The van der Waals surface area contributed by atoms with Gasteiger partial charge in [-0.25, -0.2) is 0 Å². The number of halogens is 3. The van der Waals surface area contributed by atoms with Crippen LogP contribution in [0.2, 0.25) is 0 Å². The number of alkyl halides is 3. The highest BCUT2D eigenvalue weighted by molar-refractivity contribution is 5.30. The van der Waals surface area contributed by atoms with E-state index < -0.39 is 12.8 Å². The molecule has 0 aliphatic rings. The fourth-order valence-electron chi connectivity index (χ4n) is 1.14. The Bertz CT molecular complexity index is 268. The summed E-state index contributed by atoms with van der Waals surface area (Å²) in [5, 5.41) is 8.66. The Balaban J connectivity index is 4.04. The fourth-order valence-corrected chi connectivity index (χ4v) is 1.14. The standard InChI is InChI=1S/C12H17F3O/c1-2-3-4-5-6-7-8-11(10-16)9-12(13,14)15/h9,16H,2-6,10H2,1H3/b11-9+. The van der Waals surface area contributed by atoms with Gasteiger partial charge in [-0.2, -0.15) is 13.2 Å². The van der Waals surface area contributed by atoms with E-state index in [0.29, 0.717) is 6.42 Å². The Kier molecular flexibility index (Phi) is 7.74. The first-order valence-corrected chi connectivity index (χ1v) is 5.37. The quantitative estimate of drug-likeness (QED) is 0.570. The average Bonchev–Trinajstić information content (AvgIpc) is 2.19. The van der Waals surface area contributed by atoms with Crippen LogP contribution in [0.3, 0.4) is 0 Å². The number of hydrogen-bond acceptors (Lipinski definition) is 1. The Labute approximate surface area is 94.4 Å². The lowest BCUT2D eigenvalue weighted by Crippen LogP contribution is -2.04. The van der Waals surface area contributed by atoms with Crippen LogP contribution in [0.4, 0.5) is 13.2 Å². The first-order chi connectivity index (χ1) is 7.49. The molecule has 92 valence electrons. The van der Waals surface area contributed by atoms with Crippen LogP contribution < -0.4 is 0 Å². The summed E-state index contributed by atoms with van der Waals surface area (Å²) < 4.78 is 35.7. The van der Waals surface area contributed by atoms with Crippen LogP contribution in [0.25, 0.3) is 0 Å². The lowest BCUT2D eigenvalue weighted by atomic mass is 10.1. The molecule has 16 heavy (non-hydrogen) atoms. The molecule has 0 bridgehead atoms. The molecule has 4 heteroatoms. The van der Waals surface area contributed by atoms with Crippen LogP contribution in [0.15, 0.2) is 11.6 Å². The normalized spacial score (nSPS) is 12.2. The third kappa shape index (κ3) is 9.60. The summed E-state index contributed by atoms with van der Waals surface area (Å²) in [5.74, 6) is 4.98. The maximum absolute atomic E-state index is 11.9. The summed E-state index contributed by atoms with van der Waals surface area (Å²) in [6, 6.07) is 0. The molecule has 0 atom stereocenters. The summed E-state index contributed by atoms with van der Waals surface area (Å²) >= 11 is 0. The van der Waals surface area contributed by atoms with Crippen LogP contribution in [0.5, 0.6) is 0 Å². The lowest BCUT2D eigenvalue weighted by Gasteiger charge is -1.99. The second-order valence-electron chi connectivity index (χ2n) is 3.48. The summed E-state index contributed by atoms with van der Waals surface area (Å²) in [4.78, 5) is 0. The summed E-state index contributed by atoms with van der Waals surface area (Å²) in [7, 11) is 0. The highest BCUT2D eigenvalue weighted by atomic mass is 19.4. The molecule has 0 radical (unpaired) electrons. The van der Waals surface area contributed by atoms with E-state index >= 15 is 0 Å². The van der Waals surface area contributed by atoms with Gasteiger partial charge in [0.1, 0.15) is 0 Å². The minimum atomic E-state index is -4.41. The van der Waals surface area contributed by atoms with Crippen molar-refractivity contribution >= 4 is 0 Å². The van der Waals surface area contributed by atoms with Crippen LogP contribution in [0, 0.1) is 11.8 Å². The van der Waals surface area contributed by atoms with Crippen molar-refractivity contribution in [2.24, 2.45) is 0 Å². The zero-order chi connectivity index (χ0) is 12.4. The number of aliphatic hydroxyl groups is 1. The van der Waals surface area contributed by atoms with E-state index in [4.69, 9.17) is 5.11 Å². The molecule has 0 aliphatic carbocycles. The van der Waals surface area contributed by atoms with E-state index in [2.05, 4.69) is 18.8 Å². The number of allylic oxidation sites excluding steroid dienone is 1. The van der Waals surface area contributed by atoms with Crippen LogP contribution in [-0.2, 0) is 0 Å². The van der Waals surface area contributed by atoms with E-state index in [9.17, 15) is 13.2 Å². The van der Waals surface area contributed by atoms with Gasteiger partial charge in [0, 0.05) is 18.1 Å². The van der Waals surface area contributed by atoms with Crippen molar-refractivity contribution in [3.8, 4) is 11.8 Å². The molecule has 1 nitrogen and oxygen atoms in total. The van der Waals surface area contributed by atoms with E-state index in [1.807, 2.05) is 0 Å². The first kappa shape index (κ1) is 15.0. The largest absolute Gasteiger partial charge is 0.410 e. The maximum Gasteiger partial charge on any atom is 0.410 e. The number of hydrogen-bond donors (Lipinski definition) is 1. The van der Waals surface area contributed by atoms with E-state index in [1.165, 1.54) is 0 Å². The summed E-state index contributed by atoms with van der Waals surface area (Å²) in [5.41, 5.74) is -0.275. The fraction of sp³-hybridized carbons (Fsp3) is 0.667. The monoisotopic (exact) mass is 234 g/mol. The van der Waals surface area contributed by atoms with Crippen LogP contribution >= 0.6 is 0 Å². The molecule has 0 amide bonds. The average molecular weight is 234 g/mol. The highest BCUT2D eigenvalue weighted by Gasteiger charge is 2.23. The molecular weight excluding hydrogens is 217 g/mol. The van der Waals surface area contributed by atoms with Gasteiger partial charge in [-0.15, -0.1) is 0 Å². The summed E-state index contributed by atoms with van der Waals surface area (Å²) in [6.07, 6.45) is 0.389. The SMILES string of the molecule is CCCCCCC#C/C(=C\C(F)(F)F)CO. The Hall–Kier alpha value is -0.950. The third-order valence-corrected chi connectivity index (χ3v) is 1.91. The molecule has 0 spiro atoms. The molecular formula is C12H17F3O. The molecule has 0 unspecified atom stereocenters. The minimum absolute atomic E-state index is 0.0477. The number of unbranched alkanes of at least 4 members (excludes halogenated alkanes) is 4. The molecule has 0 aliphatic heterocycles. The molecule has 0 aromatic carbocycles. The van der Waals surface area contributed by atoms with Crippen molar-refractivity contribution in [2.45, 2.75) is 45.2 Å². The second-order valence-corrected chi connectivity index (χ2v) is 3.48. The molecule has 0 saturated heterocycles. The van der Waals surface area contributed by atoms with Gasteiger partial charge in [0.25, 0.3) is 0 Å². The van der Waals surface area contributed by atoms with Gasteiger partial charge in [-0.1, -0.05) is 38.0 Å². The van der Waals surface area contributed by atoms with Crippen molar-refractivity contribution in [3.63, 3.8) is 0 Å². The zero-order valence-corrected chi connectivity index (χ0v) is 9.40. The van der Waals surface area contributed by atoms with Gasteiger partial charge < -0.3 is 5.11 Å². The van der Waals surface area contributed by atoms with Crippen molar-refractivity contribution in [3.05, 3.63) is 11.6 Å². The predicted octanol–water partition coefficient (Wildman–Crippen LogP) is 3.44. The van der Waals surface area contributed by atoms with Gasteiger partial charge in [0.05, 0.1) is 6.61 Å². The van der Waals surface area contributed by atoms with Crippen molar-refractivity contribution in [1.29, 1.82) is 0 Å². The van der Waals surface area contributed by atoms with E-state index in [-0.39, 0.29) is 11.6 Å². The number of aliphatic hydroxyl groups excluding tert-OH is 1. The zero-order valence-electron chi connectivity index (χ0n) is 9.40. The van der Waals surface area contributed by atoms with Gasteiger partial charge in [-0.3, -0.25) is 0 Å². The third-order valence-electron chi connectivity index (χ3n) is 1.91.